The lowest BCUT2D eigenvalue weighted by Crippen LogP contribution is -2.24. The summed E-state index contributed by atoms with van der Waals surface area (Å²) in [4.78, 5) is 16.1. The zero-order valence-electron chi connectivity index (χ0n) is 10.7. The van der Waals surface area contributed by atoms with Gasteiger partial charge >= 0.3 is 0 Å². The van der Waals surface area contributed by atoms with Crippen molar-refractivity contribution in [3.63, 3.8) is 0 Å². The molecule has 7 heteroatoms. The highest BCUT2D eigenvalue weighted by molar-refractivity contribution is 14.1. The van der Waals surface area contributed by atoms with Gasteiger partial charge in [0.2, 0.25) is 0 Å². The molecule has 5 nitrogen and oxygen atoms in total. The van der Waals surface area contributed by atoms with E-state index in [9.17, 15) is 4.79 Å². The molecule has 0 saturated carbocycles. The van der Waals surface area contributed by atoms with Crippen molar-refractivity contribution in [1.29, 1.82) is 0 Å². The van der Waals surface area contributed by atoms with Crippen molar-refractivity contribution in [3.05, 3.63) is 42.3 Å². The molecular weight excluding hydrogens is 423 g/mol. The first-order chi connectivity index (χ1) is 9.08. The molecule has 0 amide bonds. The maximum absolute atomic E-state index is 12.0. The van der Waals surface area contributed by atoms with Gasteiger partial charge in [-0.3, -0.25) is 14.0 Å². The van der Waals surface area contributed by atoms with E-state index in [4.69, 9.17) is 0 Å². The van der Waals surface area contributed by atoms with Crippen molar-refractivity contribution < 1.29 is 0 Å². The van der Waals surface area contributed by atoms with E-state index in [0.29, 0.717) is 10.1 Å². The van der Waals surface area contributed by atoms with Crippen LogP contribution in [0.15, 0.2) is 21.8 Å². The van der Waals surface area contributed by atoms with Crippen molar-refractivity contribution in [2.75, 3.05) is 0 Å². The average Bonchev–Trinajstić information content (AvgIpc) is 2.71. The first kappa shape index (κ1) is 14.7. The molecule has 19 heavy (non-hydrogen) atoms. The second-order valence-corrected chi connectivity index (χ2v) is 6.01. The SMILES string of the molecule is CCc1nn(CC)c(Cn2cncc(I)c2=O)c1Br. The highest BCUT2D eigenvalue weighted by Crippen LogP contribution is 2.22. The van der Waals surface area contributed by atoms with Crippen LogP contribution in [0.5, 0.6) is 0 Å². The molecule has 0 fully saturated rings. The van der Waals surface area contributed by atoms with Gasteiger partial charge in [0.25, 0.3) is 5.56 Å². The standard InChI is InChI=1S/C12H14BrIN4O/c1-3-9-11(13)10(18(4-2)16-9)6-17-7-15-5-8(14)12(17)19/h5,7H,3-4,6H2,1-2H3. The lowest BCUT2D eigenvalue weighted by molar-refractivity contribution is 0.584. The molecule has 2 aromatic heterocycles. The van der Waals surface area contributed by atoms with Crippen LogP contribution < -0.4 is 5.56 Å². The van der Waals surface area contributed by atoms with Gasteiger partial charge in [0.05, 0.1) is 32.3 Å². The number of hydrogen-bond acceptors (Lipinski definition) is 3. The minimum Gasteiger partial charge on any atom is -0.292 e. The Kier molecular flexibility index (Phi) is 4.77. The molecule has 0 atom stereocenters. The lowest BCUT2D eigenvalue weighted by atomic mass is 10.3. The van der Waals surface area contributed by atoms with Gasteiger partial charge in [0.1, 0.15) is 0 Å². The van der Waals surface area contributed by atoms with Crippen molar-refractivity contribution >= 4 is 38.5 Å². The zero-order valence-corrected chi connectivity index (χ0v) is 14.5. The Morgan fingerprint density at radius 2 is 2.16 bits per heavy atom. The van der Waals surface area contributed by atoms with Crippen molar-refractivity contribution in [3.8, 4) is 0 Å². The number of halogens is 2. The van der Waals surface area contributed by atoms with E-state index in [2.05, 4.69) is 32.9 Å². The molecule has 2 heterocycles. The number of nitrogens with zero attached hydrogens (tertiary/aromatic N) is 4. The van der Waals surface area contributed by atoms with Crippen LogP contribution in [-0.4, -0.2) is 19.3 Å². The molecule has 0 N–H and O–H groups in total. The molecule has 0 spiro atoms. The summed E-state index contributed by atoms with van der Waals surface area (Å²) in [5, 5.41) is 4.53. The summed E-state index contributed by atoms with van der Waals surface area (Å²) in [5.74, 6) is 0. The normalized spacial score (nSPS) is 10.9. The van der Waals surface area contributed by atoms with Crippen LogP contribution in [0.1, 0.15) is 25.2 Å². The second-order valence-electron chi connectivity index (χ2n) is 4.05. The van der Waals surface area contributed by atoms with Crippen LogP contribution in [0.3, 0.4) is 0 Å². The molecule has 2 rings (SSSR count). The van der Waals surface area contributed by atoms with Crippen LogP contribution in [0, 0.1) is 3.57 Å². The summed E-state index contributed by atoms with van der Waals surface area (Å²) >= 11 is 5.58. The third kappa shape index (κ3) is 2.91. The minimum atomic E-state index is -0.0237. The first-order valence-electron chi connectivity index (χ1n) is 6.02. The van der Waals surface area contributed by atoms with Crippen LogP contribution in [-0.2, 0) is 19.5 Å². The summed E-state index contributed by atoms with van der Waals surface area (Å²) in [7, 11) is 0. The number of hydrogen-bond donors (Lipinski definition) is 0. The molecule has 0 unspecified atom stereocenters. The molecule has 0 bridgehead atoms. The molecule has 0 aliphatic carbocycles. The Labute approximate surface area is 133 Å². The topological polar surface area (TPSA) is 52.7 Å². The van der Waals surface area contributed by atoms with Crippen LogP contribution in [0.4, 0.5) is 0 Å². The van der Waals surface area contributed by atoms with Gasteiger partial charge in [0, 0.05) is 12.7 Å². The quantitative estimate of drug-likeness (QED) is 0.691. The maximum Gasteiger partial charge on any atom is 0.267 e. The fraction of sp³-hybridized carbons (Fsp3) is 0.417. The van der Waals surface area contributed by atoms with E-state index in [1.165, 1.54) is 0 Å². The van der Waals surface area contributed by atoms with Crippen LogP contribution in [0.25, 0.3) is 0 Å². The average molecular weight is 437 g/mol. The van der Waals surface area contributed by atoms with Gasteiger partial charge < -0.3 is 0 Å². The van der Waals surface area contributed by atoms with E-state index < -0.39 is 0 Å². The summed E-state index contributed by atoms with van der Waals surface area (Å²) < 4.78 is 5.14. The lowest BCUT2D eigenvalue weighted by Gasteiger charge is -2.08. The fourth-order valence-corrected chi connectivity index (χ4v) is 3.03. The Morgan fingerprint density at radius 1 is 1.42 bits per heavy atom. The van der Waals surface area contributed by atoms with Gasteiger partial charge in [-0.1, -0.05) is 6.92 Å². The fourth-order valence-electron chi connectivity index (χ4n) is 1.87. The zero-order chi connectivity index (χ0) is 14.0. The highest BCUT2D eigenvalue weighted by atomic mass is 127. The molecule has 0 radical (unpaired) electrons. The van der Waals surface area contributed by atoms with E-state index in [0.717, 1.165) is 28.8 Å². The molecule has 102 valence electrons. The largest absolute Gasteiger partial charge is 0.292 e. The minimum absolute atomic E-state index is 0.0237. The number of aromatic nitrogens is 4. The van der Waals surface area contributed by atoms with Gasteiger partial charge in [-0.25, -0.2) is 4.98 Å². The Balaban J connectivity index is 2.46. The van der Waals surface area contributed by atoms with Crippen LogP contribution in [0.2, 0.25) is 0 Å². The third-order valence-corrected chi connectivity index (χ3v) is 4.53. The van der Waals surface area contributed by atoms with E-state index in [1.54, 1.807) is 17.1 Å². The van der Waals surface area contributed by atoms with Gasteiger partial charge in [-0.2, -0.15) is 5.10 Å². The second kappa shape index (κ2) is 6.17. The third-order valence-electron chi connectivity index (χ3n) is 2.87. The summed E-state index contributed by atoms with van der Waals surface area (Å²) in [6.07, 6.45) is 4.00. The first-order valence-corrected chi connectivity index (χ1v) is 7.89. The van der Waals surface area contributed by atoms with E-state index in [1.807, 2.05) is 34.2 Å². The van der Waals surface area contributed by atoms with Crippen molar-refractivity contribution in [2.24, 2.45) is 0 Å². The van der Waals surface area contributed by atoms with Crippen LogP contribution >= 0.6 is 38.5 Å². The smallest absolute Gasteiger partial charge is 0.267 e. The number of rotatable bonds is 4. The molecular formula is C12H14BrIN4O. The maximum atomic E-state index is 12.0. The molecule has 0 aliphatic rings. The number of aryl methyl sites for hydroxylation is 2. The van der Waals surface area contributed by atoms with Gasteiger partial charge in [0.15, 0.2) is 0 Å². The summed E-state index contributed by atoms with van der Waals surface area (Å²) in [6.45, 7) is 5.36. The van der Waals surface area contributed by atoms with E-state index in [-0.39, 0.29) is 5.56 Å². The molecule has 0 saturated heterocycles. The molecule has 0 aromatic carbocycles. The Bertz CT molecular complexity index is 650. The predicted molar refractivity (Wildman–Crippen MR) is 85.3 cm³/mol. The monoisotopic (exact) mass is 436 g/mol. The van der Waals surface area contributed by atoms with Gasteiger partial charge in [-0.15, -0.1) is 0 Å². The molecule has 2 aromatic rings. The molecule has 0 aliphatic heterocycles. The summed E-state index contributed by atoms with van der Waals surface area (Å²) in [6, 6.07) is 0. The predicted octanol–water partition coefficient (Wildman–Crippen LogP) is 2.44. The van der Waals surface area contributed by atoms with Crippen molar-refractivity contribution in [1.82, 2.24) is 19.3 Å². The highest BCUT2D eigenvalue weighted by Gasteiger charge is 2.15. The van der Waals surface area contributed by atoms with Gasteiger partial charge in [-0.05, 0) is 51.9 Å². The summed E-state index contributed by atoms with van der Waals surface area (Å²) in [5.41, 5.74) is 2.00. The van der Waals surface area contributed by atoms with Crippen molar-refractivity contribution in [2.45, 2.75) is 33.4 Å². The Hall–Kier alpha value is -0.700. The van der Waals surface area contributed by atoms with E-state index >= 15 is 0 Å². The Morgan fingerprint density at radius 3 is 2.79 bits per heavy atom.